The minimum absolute atomic E-state index is 0.783. The third kappa shape index (κ3) is 3.75. The number of benzene rings is 1. The molecule has 1 aromatic rings. The molecule has 0 nitrogen and oxygen atoms in total. The summed E-state index contributed by atoms with van der Waals surface area (Å²) in [5.41, 5.74) is 1.19. The molecule has 0 aliphatic rings. The first-order chi connectivity index (χ1) is 5.18. The Hall–Kier alpha value is 0.710. The number of hydrogen-bond donors (Lipinski definition) is 0. The van der Waals surface area contributed by atoms with Gasteiger partial charge < -0.3 is 0 Å². The molecule has 1 aromatic carbocycles. The van der Waals surface area contributed by atoms with Gasteiger partial charge in [-0.3, -0.25) is 0 Å². The van der Waals surface area contributed by atoms with Crippen molar-refractivity contribution >= 4 is 62.9 Å². The van der Waals surface area contributed by atoms with Crippen LogP contribution in [0.5, 0.6) is 0 Å². The fourth-order valence-electron chi connectivity index (χ4n) is 0.685. The van der Waals surface area contributed by atoms with Crippen LogP contribution in [-0.2, 0) is 0 Å². The molecular weight excluding hydrogens is 385 g/mol. The predicted octanol–water partition coefficient (Wildman–Crippen LogP) is 4.51. The molecule has 0 aliphatic carbocycles. The summed E-state index contributed by atoms with van der Waals surface area (Å²) in [5, 5.41) is 0.783. The van der Waals surface area contributed by atoms with Gasteiger partial charge in [0.25, 0.3) is 0 Å². The van der Waals surface area contributed by atoms with Gasteiger partial charge >= 0.3 is 0 Å². The molecule has 58 valence electrons. The van der Waals surface area contributed by atoms with Crippen LogP contribution in [0.4, 0.5) is 0 Å². The van der Waals surface area contributed by atoms with E-state index < -0.39 is 0 Å². The van der Waals surface area contributed by atoms with E-state index in [-0.39, 0.29) is 0 Å². The summed E-state index contributed by atoms with van der Waals surface area (Å²) >= 11 is 10.3. The van der Waals surface area contributed by atoms with E-state index in [0.29, 0.717) is 0 Å². The molecule has 0 bridgehead atoms. The van der Waals surface area contributed by atoms with Crippen molar-refractivity contribution in [3.05, 3.63) is 36.4 Å². The first kappa shape index (κ1) is 9.80. The quantitative estimate of drug-likeness (QED) is 0.619. The van der Waals surface area contributed by atoms with Crippen molar-refractivity contribution in [3.63, 3.8) is 0 Å². The summed E-state index contributed by atoms with van der Waals surface area (Å²) in [6.45, 7) is 0. The normalized spacial score (nSPS) is 9.36. The van der Waals surface area contributed by atoms with Gasteiger partial charge in [-0.15, -0.1) is 0 Å². The van der Waals surface area contributed by atoms with Crippen LogP contribution in [0, 0.1) is 0 Å². The highest BCUT2D eigenvalue weighted by Gasteiger charge is 1.88. The number of rotatable bonds is 1. The molecule has 0 radical (unpaired) electrons. The smallest absolute Gasteiger partial charge is 0.0520 e. The summed E-state index contributed by atoms with van der Waals surface area (Å²) in [7, 11) is 0. The fraction of sp³-hybridized carbons (Fsp3) is 0. The Morgan fingerprint density at radius 3 is 2.18 bits per heavy atom. The average molecular weight is 390 g/mol. The molecule has 0 spiro atoms. The van der Waals surface area contributed by atoms with Crippen molar-refractivity contribution in [2.75, 3.05) is 0 Å². The van der Waals surface area contributed by atoms with Gasteiger partial charge in [-0.05, 0) is 69.0 Å². The van der Waals surface area contributed by atoms with Crippen molar-refractivity contribution in [2.45, 2.75) is 0 Å². The Labute approximate surface area is 98.3 Å². The predicted molar refractivity (Wildman–Crippen MR) is 67.5 cm³/mol. The topological polar surface area (TPSA) is 0 Å². The molecule has 0 saturated carbocycles. The molecule has 0 unspecified atom stereocenters. The van der Waals surface area contributed by atoms with E-state index in [1.165, 1.54) is 7.15 Å². The summed E-state index contributed by atoms with van der Waals surface area (Å²) in [4.78, 5) is 0. The molecule has 0 atom stereocenters. The van der Waals surface area contributed by atoms with Gasteiger partial charge in [0.05, 0.1) is 1.59 Å². The van der Waals surface area contributed by atoms with Crippen molar-refractivity contribution < 1.29 is 0 Å². The lowest BCUT2D eigenvalue weighted by molar-refractivity contribution is 1.66. The Morgan fingerprint density at radius 2 is 1.73 bits per heavy atom. The summed E-state index contributed by atoms with van der Waals surface area (Å²) in [6, 6.07) is 7.78. The van der Waals surface area contributed by atoms with Crippen LogP contribution in [0.2, 0.25) is 5.02 Å². The first-order valence-electron chi connectivity index (χ1n) is 2.97. The lowest BCUT2D eigenvalue weighted by Gasteiger charge is -1.92. The van der Waals surface area contributed by atoms with Crippen LogP contribution in [0.1, 0.15) is 5.56 Å². The summed E-state index contributed by atoms with van der Waals surface area (Å²) in [5.74, 6) is 0. The van der Waals surface area contributed by atoms with Crippen LogP contribution in [0.25, 0.3) is 6.08 Å². The molecule has 3 heteroatoms. The van der Waals surface area contributed by atoms with Crippen LogP contribution in [0.15, 0.2) is 25.9 Å². The first-order valence-corrected chi connectivity index (χ1v) is 5.50. The van der Waals surface area contributed by atoms with Gasteiger partial charge in [0.15, 0.2) is 0 Å². The SMILES string of the molecule is Clc1ccc(C=C(I)I)cc1. The molecule has 1 rings (SSSR count). The van der Waals surface area contributed by atoms with Crippen LogP contribution in [-0.4, -0.2) is 0 Å². The molecule has 0 saturated heterocycles. The third-order valence-corrected chi connectivity index (χ3v) is 2.02. The van der Waals surface area contributed by atoms with Gasteiger partial charge in [0, 0.05) is 5.02 Å². The number of halogens is 3. The molecular formula is C8H5ClI2. The zero-order chi connectivity index (χ0) is 8.27. The monoisotopic (exact) mass is 390 g/mol. The fourth-order valence-corrected chi connectivity index (χ4v) is 1.53. The molecule has 0 heterocycles. The van der Waals surface area contributed by atoms with Crippen LogP contribution in [0.3, 0.4) is 0 Å². The summed E-state index contributed by atoms with van der Waals surface area (Å²) < 4.78 is 1.24. The number of hydrogen-bond acceptors (Lipinski definition) is 0. The minimum atomic E-state index is 0.783. The third-order valence-electron chi connectivity index (χ3n) is 1.15. The standard InChI is InChI=1S/C8H5ClI2/c9-7-3-1-6(2-4-7)5-8(10)11/h1-5H. The maximum Gasteiger partial charge on any atom is 0.0520 e. The molecule has 0 fully saturated rings. The second kappa shape index (κ2) is 4.67. The van der Waals surface area contributed by atoms with E-state index in [1.54, 1.807) is 0 Å². The van der Waals surface area contributed by atoms with E-state index in [2.05, 4.69) is 51.3 Å². The minimum Gasteiger partial charge on any atom is -0.0843 e. The Kier molecular flexibility index (Phi) is 4.16. The van der Waals surface area contributed by atoms with E-state index in [4.69, 9.17) is 11.6 Å². The largest absolute Gasteiger partial charge is 0.0843 e. The molecule has 0 N–H and O–H groups in total. The highest BCUT2D eigenvalue weighted by Crippen LogP contribution is 2.20. The molecule has 0 amide bonds. The van der Waals surface area contributed by atoms with Crippen molar-refractivity contribution in [3.8, 4) is 0 Å². The van der Waals surface area contributed by atoms with Crippen molar-refractivity contribution in [1.82, 2.24) is 0 Å². The Bertz CT molecular complexity index is 260. The zero-order valence-electron chi connectivity index (χ0n) is 5.52. The van der Waals surface area contributed by atoms with Gasteiger partial charge in [0.2, 0.25) is 0 Å². The highest BCUT2D eigenvalue weighted by molar-refractivity contribution is 14.2. The second-order valence-corrected chi connectivity index (χ2v) is 6.81. The van der Waals surface area contributed by atoms with Crippen LogP contribution >= 0.6 is 56.8 Å². The van der Waals surface area contributed by atoms with E-state index in [0.717, 1.165) is 5.02 Å². The summed E-state index contributed by atoms with van der Waals surface area (Å²) in [6.07, 6.45) is 2.09. The molecule has 0 aliphatic heterocycles. The molecule has 0 aromatic heterocycles. The average Bonchev–Trinajstić information content (AvgIpc) is 1.93. The van der Waals surface area contributed by atoms with Crippen molar-refractivity contribution in [2.24, 2.45) is 0 Å². The van der Waals surface area contributed by atoms with Crippen molar-refractivity contribution in [1.29, 1.82) is 0 Å². The Morgan fingerprint density at radius 1 is 1.18 bits per heavy atom. The van der Waals surface area contributed by atoms with Gasteiger partial charge in [0.1, 0.15) is 0 Å². The van der Waals surface area contributed by atoms with E-state index >= 15 is 0 Å². The van der Waals surface area contributed by atoms with Gasteiger partial charge in [-0.1, -0.05) is 23.7 Å². The van der Waals surface area contributed by atoms with Crippen LogP contribution < -0.4 is 0 Å². The maximum absolute atomic E-state index is 5.72. The maximum atomic E-state index is 5.72. The van der Waals surface area contributed by atoms with Gasteiger partial charge in [-0.25, -0.2) is 0 Å². The second-order valence-electron chi connectivity index (χ2n) is 1.99. The Balaban J connectivity index is 2.91. The van der Waals surface area contributed by atoms with E-state index in [9.17, 15) is 0 Å². The molecule has 11 heavy (non-hydrogen) atoms. The van der Waals surface area contributed by atoms with E-state index in [1.807, 2.05) is 24.3 Å². The lowest BCUT2D eigenvalue weighted by atomic mass is 10.2. The lowest BCUT2D eigenvalue weighted by Crippen LogP contribution is -1.69. The highest BCUT2D eigenvalue weighted by atomic mass is 127. The van der Waals surface area contributed by atoms with Gasteiger partial charge in [-0.2, -0.15) is 0 Å². The zero-order valence-corrected chi connectivity index (χ0v) is 10.6.